The molecule has 2 aromatic carbocycles. The molecule has 0 radical (unpaired) electrons. The van der Waals surface area contributed by atoms with Crippen molar-refractivity contribution < 1.29 is 27.5 Å². The number of carbonyl (C=O) groups is 3. The molecule has 1 heterocycles. The highest BCUT2D eigenvalue weighted by atomic mass is 32.2. The van der Waals surface area contributed by atoms with Crippen LogP contribution in [0, 0.1) is 0 Å². The van der Waals surface area contributed by atoms with Gasteiger partial charge in [0.2, 0.25) is 10.0 Å². The van der Waals surface area contributed by atoms with Gasteiger partial charge in [-0.15, -0.1) is 0 Å². The molecule has 27 heavy (non-hydrogen) atoms. The first kappa shape index (κ1) is 18.7. The van der Waals surface area contributed by atoms with Crippen LogP contribution in [-0.2, 0) is 14.8 Å². The van der Waals surface area contributed by atoms with Gasteiger partial charge >= 0.3 is 5.97 Å². The number of hydrogen-bond acceptors (Lipinski definition) is 6. The van der Waals surface area contributed by atoms with Crippen molar-refractivity contribution in [1.82, 2.24) is 9.62 Å². The van der Waals surface area contributed by atoms with Crippen molar-refractivity contribution in [3.8, 4) is 0 Å². The average molecular weight is 388 g/mol. The van der Waals surface area contributed by atoms with Crippen LogP contribution in [0.25, 0.3) is 0 Å². The van der Waals surface area contributed by atoms with Crippen LogP contribution in [0.4, 0.5) is 0 Å². The predicted molar refractivity (Wildman–Crippen MR) is 94.8 cm³/mol. The van der Waals surface area contributed by atoms with E-state index in [4.69, 9.17) is 4.74 Å². The number of benzene rings is 2. The molecule has 0 aromatic heterocycles. The monoisotopic (exact) mass is 388 g/mol. The van der Waals surface area contributed by atoms with E-state index in [0.717, 1.165) is 4.90 Å². The fraction of sp³-hybridized carbons (Fsp3) is 0.167. The lowest BCUT2D eigenvalue weighted by Gasteiger charge is -2.14. The van der Waals surface area contributed by atoms with Crippen LogP contribution in [0.15, 0.2) is 53.4 Å². The van der Waals surface area contributed by atoms with Crippen molar-refractivity contribution in [1.29, 1.82) is 0 Å². The minimum Gasteiger partial charge on any atom is -0.460 e. The third-order valence-corrected chi connectivity index (χ3v) is 5.49. The smallest absolute Gasteiger partial charge is 0.338 e. The summed E-state index contributed by atoms with van der Waals surface area (Å²) in [6, 6.07) is 11.8. The normalized spacial score (nSPS) is 13.6. The van der Waals surface area contributed by atoms with Crippen molar-refractivity contribution in [3.63, 3.8) is 0 Å². The quantitative estimate of drug-likeness (QED) is 0.585. The van der Waals surface area contributed by atoms with E-state index < -0.39 is 27.8 Å². The third-order valence-electron chi connectivity index (χ3n) is 4.08. The predicted octanol–water partition coefficient (Wildman–Crippen LogP) is 1.05. The van der Waals surface area contributed by atoms with Gasteiger partial charge in [0.25, 0.3) is 11.8 Å². The van der Waals surface area contributed by atoms with E-state index in [1.165, 1.54) is 31.3 Å². The van der Waals surface area contributed by atoms with E-state index in [2.05, 4.69) is 4.72 Å². The summed E-state index contributed by atoms with van der Waals surface area (Å²) in [5.41, 5.74) is 0.686. The molecule has 0 atom stereocenters. The van der Waals surface area contributed by atoms with Crippen molar-refractivity contribution in [3.05, 3.63) is 65.2 Å². The maximum atomic E-state index is 12.2. The topological polar surface area (TPSA) is 110 Å². The molecule has 0 aliphatic carbocycles. The molecular formula is C18H16N2O6S. The Balaban J connectivity index is 1.64. The Morgan fingerprint density at radius 1 is 1.04 bits per heavy atom. The first-order valence-electron chi connectivity index (χ1n) is 8.01. The summed E-state index contributed by atoms with van der Waals surface area (Å²) >= 11 is 0. The standard InChI is InChI=1S/C18H16N2O6S/c1-19-27(24,25)13-6-4-5-12(11-13)18(23)26-10-9-20-16(21)14-7-2-3-8-15(14)17(20)22/h2-8,11,19H,9-10H2,1H3. The summed E-state index contributed by atoms with van der Waals surface area (Å²) in [6.07, 6.45) is 0. The van der Waals surface area contributed by atoms with Gasteiger partial charge in [-0.1, -0.05) is 18.2 Å². The van der Waals surface area contributed by atoms with Gasteiger partial charge in [0.05, 0.1) is 28.1 Å². The Labute approximate surface area is 155 Å². The average Bonchev–Trinajstić information content (AvgIpc) is 2.93. The lowest BCUT2D eigenvalue weighted by atomic mass is 10.1. The van der Waals surface area contributed by atoms with Gasteiger partial charge in [-0.25, -0.2) is 17.9 Å². The van der Waals surface area contributed by atoms with E-state index in [1.54, 1.807) is 24.3 Å². The van der Waals surface area contributed by atoms with Crippen LogP contribution in [0.3, 0.4) is 0 Å². The Hall–Kier alpha value is -3.04. The summed E-state index contributed by atoms with van der Waals surface area (Å²) in [4.78, 5) is 37.5. The van der Waals surface area contributed by atoms with Crippen LogP contribution in [0.2, 0.25) is 0 Å². The number of esters is 1. The first-order valence-corrected chi connectivity index (χ1v) is 9.49. The second kappa shape index (κ2) is 7.29. The molecule has 0 spiro atoms. The van der Waals surface area contributed by atoms with E-state index >= 15 is 0 Å². The minimum atomic E-state index is -3.69. The Morgan fingerprint density at radius 3 is 2.26 bits per heavy atom. The second-order valence-electron chi connectivity index (χ2n) is 5.68. The largest absolute Gasteiger partial charge is 0.460 e. The highest BCUT2D eigenvalue weighted by molar-refractivity contribution is 7.89. The Bertz CT molecular complexity index is 997. The molecule has 0 bridgehead atoms. The number of amides is 2. The highest BCUT2D eigenvalue weighted by Crippen LogP contribution is 2.22. The third kappa shape index (κ3) is 3.60. The number of rotatable bonds is 6. The number of nitrogens with one attached hydrogen (secondary N) is 1. The van der Waals surface area contributed by atoms with E-state index in [0.29, 0.717) is 11.1 Å². The molecule has 1 aliphatic rings. The van der Waals surface area contributed by atoms with Crippen LogP contribution in [0.5, 0.6) is 0 Å². The summed E-state index contributed by atoms with van der Waals surface area (Å²) in [6.45, 7) is -0.292. The van der Waals surface area contributed by atoms with Crippen molar-refractivity contribution in [2.24, 2.45) is 0 Å². The summed E-state index contributed by atoms with van der Waals surface area (Å²) in [7, 11) is -2.42. The van der Waals surface area contributed by atoms with Gasteiger partial charge in [0.1, 0.15) is 6.61 Å². The number of carbonyl (C=O) groups excluding carboxylic acids is 3. The first-order chi connectivity index (χ1) is 12.8. The molecular weight excluding hydrogens is 372 g/mol. The molecule has 3 rings (SSSR count). The minimum absolute atomic E-state index is 0.0497. The van der Waals surface area contributed by atoms with E-state index in [9.17, 15) is 22.8 Å². The maximum absolute atomic E-state index is 12.2. The number of imide groups is 1. The SMILES string of the molecule is CNS(=O)(=O)c1cccc(C(=O)OCCN2C(=O)c3ccccc3C2=O)c1. The zero-order valence-corrected chi connectivity index (χ0v) is 15.2. The van der Waals surface area contributed by atoms with Crippen LogP contribution in [-0.4, -0.2) is 51.3 Å². The van der Waals surface area contributed by atoms with Crippen molar-refractivity contribution in [2.45, 2.75) is 4.90 Å². The van der Waals surface area contributed by atoms with Crippen LogP contribution >= 0.6 is 0 Å². The Morgan fingerprint density at radius 2 is 1.67 bits per heavy atom. The highest BCUT2D eigenvalue weighted by Gasteiger charge is 2.34. The van der Waals surface area contributed by atoms with Crippen LogP contribution < -0.4 is 4.72 Å². The number of sulfonamides is 1. The number of ether oxygens (including phenoxy) is 1. The van der Waals surface area contributed by atoms with Gasteiger partial charge in [0.15, 0.2) is 0 Å². The summed E-state index contributed by atoms with van der Waals surface area (Å²) in [5.74, 6) is -1.62. The number of fused-ring (bicyclic) bond motifs is 1. The molecule has 8 nitrogen and oxygen atoms in total. The fourth-order valence-electron chi connectivity index (χ4n) is 2.66. The maximum Gasteiger partial charge on any atom is 0.338 e. The van der Waals surface area contributed by atoms with Crippen LogP contribution in [0.1, 0.15) is 31.1 Å². The number of nitrogens with zero attached hydrogens (tertiary/aromatic N) is 1. The lowest BCUT2D eigenvalue weighted by Crippen LogP contribution is -2.33. The van der Waals surface area contributed by atoms with Crippen molar-refractivity contribution in [2.75, 3.05) is 20.2 Å². The van der Waals surface area contributed by atoms with Crippen molar-refractivity contribution >= 4 is 27.8 Å². The molecule has 2 aromatic rings. The zero-order chi connectivity index (χ0) is 19.6. The molecule has 2 amide bonds. The summed E-state index contributed by atoms with van der Waals surface area (Å²) < 4.78 is 30.8. The van der Waals surface area contributed by atoms with Gasteiger partial charge < -0.3 is 4.74 Å². The lowest BCUT2D eigenvalue weighted by molar-refractivity contribution is 0.0420. The second-order valence-corrected chi connectivity index (χ2v) is 7.57. The van der Waals surface area contributed by atoms with Gasteiger partial charge in [0, 0.05) is 0 Å². The molecule has 140 valence electrons. The van der Waals surface area contributed by atoms with Gasteiger partial charge in [-0.3, -0.25) is 14.5 Å². The van der Waals surface area contributed by atoms with Gasteiger partial charge in [-0.2, -0.15) is 0 Å². The zero-order valence-electron chi connectivity index (χ0n) is 14.3. The number of hydrogen-bond donors (Lipinski definition) is 1. The molecule has 0 saturated heterocycles. The molecule has 0 saturated carbocycles. The van der Waals surface area contributed by atoms with Gasteiger partial charge in [-0.05, 0) is 37.4 Å². The van der Waals surface area contributed by atoms with E-state index in [1.807, 2.05) is 0 Å². The fourth-order valence-corrected chi connectivity index (χ4v) is 3.44. The molecule has 9 heteroatoms. The van der Waals surface area contributed by atoms with E-state index in [-0.39, 0.29) is 23.6 Å². The Kier molecular flexibility index (Phi) is 5.06. The summed E-state index contributed by atoms with van der Waals surface area (Å²) in [5, 5.41) is 0. The molecule has 1 aliphatic heterocycles. The molecule has 0 unspecified atom stereocenters. The molecule has 1 N–H and O–H groups in total. The molecule has 0 fully saturated rings.